The van der Waals surface area contributed by atoms with Crippen molar-refractivity contribution in [1.82, 2.24) is 5.32 Å². The van der Waals surface area contributed by atoms with Gasteiger partial charge in [-0.25, -0.2) is 0 Å². The highest BCUT2D eigenvalue weighted by atomic mass is 16.3. The SMILES string of the molecule is CCC(C)CNCC(O)CC(C)(C)C. The molecule has 86 valence electrons. The molecule has 2 atom stereocenters. The van der Waals surface area contributed by atoms with Gasteiger partial charge < -0.3 is 10.4 Å². The molecule has 0 bridgehead atoms. The summed E-state index contributed by atoms with van der Waals surface area (Å²) in [6.45, 7) is 12.6. The lowest BCUT2D eigenvalue weighted by atomic mass is 9.89. The lowest BCUT2D eigenvalue weighted by Gasteiger charge is -2.23. The molecule has 0 aromatic carbocycles. The van der Waals surface area contributed by atoms with Gasteiger partial charge in [0, 0.05) is 6.54 Å². The molecule has 2 nitrogen and oxygen atoms in total. The molecule has 0 aromatic rings. The Morgan fingerprint density at radius 1 is 1.21 bits per heavy atom. The van der Waals surface area contributed by atoms with Crippen LogP contribution in [0.15, 0.2) is 0 Å². The zero-order chi connectivity index (χ0) is 11.2. The summed E-state index contributed by atoms with van der Waals surface area (Å²) >= 11 is 0. The molecule has 0 amide bonds. The summed E-state index contributed by atoms with van der Waals surface area (Å²) in [4.78, 5) is 0. The predicted octanol–water partition coefficient (Wildman–Crippen LogP) is 2.42. The fourth-order valence-corrected chi connectivity index (χ4v) is 1.42. The summed E-state index contributed by atoms with van der Waals surface area (Å²) in [5.41, 5.74) is 0.220. The van der Waals surface area contributed by atoms with Crippen molar-refractivity contribution in [1.29, 1.82) is 0 Å². The zero-order valence-corrected chi connectivity index (χ0v) is 10.4. The molecule has 2 unspecified atom stereocenters. The van der Waals surface area contributed by atoms with Gasteiger partial charge in [-0.3, -0.25) is 0 Å². The molecule has 0 radical (unpaired) electrons. The molecule has 0 saturated carbocycles. The molecule has 0 fully saturated rings. The summed E-state index contributed by atoms with van der Waals surface area (Å²) in [6, 6.07) is 0. The largest absolute Gasteiger partial charge is 0.392 e. The van der Waals surface area contributed by atoms with Gasteiger partial charge in [0.15, 0.2) is 0 Å². The summed E-state index contributed by atoms with van der Waals surface area (Å²) in [5, 5.41) is 13.0. The minimum Gasteiger partial charge on any atom is -0.392 e. The molecule has 2 N–H and O–H groups in total. The van der Waals surface area contributed by atoms with Crippen molar-refractivity contribution >= 4 is 0 Å². The molecule has 14 heavy (non-hydrogen) atoms. The van der Waals surface area contributed by atoms with E-state index < -0.39 is 0 Å². The minimum atomic E-state index is -0.209. The first-order valence-corrected chi connectivity index (χ1v) is 5.74. The molecule has 0 aliphatic heterocycles. The first kappa shape index (κ1) is 13.9. The summed E-state index contributed by atoms with van der Waals surface area (Å²) in [6.07, 6.45) is 1.85. The first-order chi connectivity index (χ1) is 6.35. The average Bonchev–Trinajstić information content (AvgIpc) is 2.00. The number of rotatable bonds is 6. The number of hydrogen-bond donors (Lipinski definition) is 2. The van der Waals surface area contributed by atoms with Crippen molar-refractivity contribution in [2.75, 3.05) is 13.1 Å². The van der Waals surface area contributed by atoms with E-state index in [1.54, 1.807) is 0 Å². The van der Waals surface area contributed by atoms with E-state index >= 15 is 0 Å². The highest BCUT2D eigenvalue weighted by molar-refractivity contribution is 4.70. The minimum absolute atomic E-state index is 0.209. The summed E-state index contributed by atoms with van der Waals surface area (Å²) in [7, 11) is 0. The molecule has 2 heteroatoms. The van der Waals surface area contributed by atoms with Crippen LogP contribution in [0.3, 0.4) is 0 Å². The van der Waals surface area contributed by atoms with Crippen molar-refractivity contribution in [2.45, 2.75) is 53.6 Å². The van der Waals surface area contributed by atoms with Crippen LogP contribution in [0.2, 0.25) is 0 Å². The average molecular weight is 201 g/mol. The Kier molecular flexibility index (Phi) is 6.38. The van der Waals surface area contributed by atoms with E-state index in [4.69, 9.17) is 0 Å². The van der Waals surface area contributed by atoms with Crippen LogP contribution in [0.5, 0.6) is 0 Å². The topological polar surface area (TPSA) is 32.3 Å². The third kappa shape index (κ3) is 8.52. The van der Waals surface area contributed by atoms with Crippen LogP contribution in [-0.4, -0.2) is 24.3 Å². The van der Waals surface area contributed by atoms with Gasteiger partial charge in [0.05, 0.1) is 6.10 Å². The van der Waals surface area contributed by atoms with Gasteiger partial charge in [-0.2, -0.15) is 0 Å². The molecule has 0 aliphatic carbocycles. The normalized spacial score (nSPS) is 16.7. The van der Waals surface area contributed by atoms with Crippen molar-refractivity contribution in [3.8, 4) is 0 Å². The van der Waals surface area contributed by atoms with Gasteiger partial charge in [0.2, 0.25) is 0 Å². The molecule has 0 rings (SSSR count). The molecule has 0 aliphatic rings. The van der Waals surface area contributed by atoms with Crippen LogP contribution in [-0.2, 0) is 0 Å². The second-order valence-corrected chi connectivity index (χ2v) is 5.59. The van der Waals surface area contributed by atoms with Gasteiger partial charge >= 0.3 is 0 Å². The lowest BCUT2D eigenvalue weighted by molar-refractivity contribution is 0.119. The fourth-order valence-electron chi connectivity index (χ4n) is 1.42. The van der Waals surface area contributed by atoms with Gasteiger partial charge in [-0.05, 0) is 24.3 Å². The maximum Gasteiger partial charge on any atom is 0.0669 e. The Morgan fingerprint density at radius 2 is 1.79 bits per heavy atom. The van der Waals surface area contributed by atoms with Crippen LogP contribution in [0.4, 0.5) is 0 Å². The highest BCUT2D eigenvalue weighted by Gasteiger charge is 2.16. The van der Waals surface area contributed by atoms with Crippen molar-refractivity contribution in [3.05, 3.63) is 0 Å². The Balaban J connectivity index is 3.50. The number of hydrogen-bond acceptors (Lipinski definition) is 2. The Labute approximate surface area is 89.1 Å². The van der Waals surface area contributed by atoms with Crippen molar-refractivity contribution in [3.63, 3.8) is 0 Å². The maximum absolute atomic E-state index is 9.71. The molecular formula is C12H27NO. The molecule has 0 spiro atoms. The van der Waals surface area contributed by atoms with E-state index in [1.807, 2.05) is 0 Å². The predicted molar refractivity (Wildman–Crippen MR) is 62.4 cm³/mol. The van der Waals surface area contributed by atoms with Gasteiger partial charge in [0.1, 0.15) is 0 Å². The standard InChI is InChI=1S/C12H27NO/c1-6-10(2)8-13-9-11(14)7-12(3,4)5/h10-11,13-14H,6-9H2,1-5H3. The Morgan fingerprint density at radius 3 is 2.21 bits per heavy atom. The third-order valence-electron chi connectivity index (χ3n) is 2.42. The van der Waals surface area contributed by atoms with E-state index in [2.05, 4.69) is 39.9 Å². The fraction of sp³-hybridized carbons (Fsp3) is 1.00. The second-order valence-electron chi connectivity index (χ2n) is 5.59. The van der Waals surface area contributed by atoms with Crippen molar-refractivity contribution in [2.24, 2.45) is 11.3 Å². The Hall–Kier alpha value is -0.0800. The van der Waals surface area contributed by atoms with Crippen molar-refractivity contribution < 1.29 is 5.11 Å². The van der Waals surface area contributed by atoms with Gasteiger partial charge in [0.25, 0.3) is 0 Å². The smallest absolute Gasteiger partial charge is 0.0669 e. The second kappa shape index (κ2) is 6.41. The molecule has 0 saturated heterocycles. The quantitative estimate of drug-likeness (QED) is 0.692. The van der Waals surface area contributed by atoms with Gasteiger partial charge in [-0.15, -0.1) is 0 Å². The van der Waals surface area contributed by atoms with Crippen LogP contribution < -0.4 is 5.32 Å². The molecule has 0 heterocycles. The van der Waals surface area contributed by atoms with Crippen LogP contribution >= 0.6 is 0 Å². The van der Waals surface area contributed by atoms with Crippen LogP contribution in [0, 0.1) is 11.3 Å². The monoisotopic (exact) mass is 201 g/mol. The van der Waals surface area contributed by atoms with Crippen LogP contribution in [0.1, 0.15) is 47.5 Å². The molecular weight excluding hydrogens is 174 g/mol. The summed E-state index contributed by atoms with van der Waals surface area (Å²) < 4.78 is 0. The van der Waals surface area contributed by atoms with Gasteiger partial charge in [-0.1, -0.05) is 41.0 Å². The van der Waals surface area contributed by atoms with E-state index in [9.17, 15) is 5.11 Å². The number of aliphatic hydroxyl groups is 1. The van der Waals surface area contributed by atoms with E-state index in [1.165, 1.54) is 6.42 Å². The third-order valence-corrected chi connectivity index (χ3v) is 2.42. The molecule has 0 aromatic heterocycles. The van der Waals surface area contributed by atoms with E-state index in [-0.39, 0.29) is 11.5 Å². The number of aliphatic hydroxyl groups excluding tert-OH is 1. The summed E-state index contributed by atoms with van der Waals surface area (Å²) in [5.74, 6) is 0.705. The highest BCUT2D eigenvalue weighted by Crippen LogP contribution is 2.20. The number of nitrogens with one attached hydrogen (secondary N) is 1. The van der Waals surface area contributed by atoms with E-state index in [0.29, 0.717) is 5.92 Å². The Bertz CT molecular complexity index is 140. The lowest BCUT2D eigenvalue weighted by Crippen LogP contribution is -2.32. The zero-order valence-electron chi connectivity index (χ0n) is 10.4. The van der Waals surface area contributed by atoms with Crippen LogP contribution in [0.25, 0.3) is 0 Å². The first-order valence-electron chi connectivity index (χ1n) is 5.74. The van der Waals surface area contributed by atoms with E-state index in [0.717, 1.165) is 19.5 Å². The maximum atomic E-state index is 9.71.